The Balaban J connectivity index is 1.90. The Labute approximate surface area is 68.2 Å². The highest BCUT2D eigenvalue weighted by molar-refractivity contribution is 5.79. The minimum absolute atomic E-state index is 0.481. The van der Waals surface area contributed by atoms with Crippen molar-refractivity contribution in [3.8, 4) is 0 Å². The molecule has 11 heavy (non-hydrogen) atoms. The lowest BCUT2D eigenvalue weighted by molar-refractivity contribution is -0.134. The molecule has 2 aliphatic rings. The summed E-state index contributed by atoms with van der Waals surface area (Å²) in [6.45, 7) is 1.98. The van der Waals surface area contributed by atoms with Gasteiger partial charge in [-0.2, -0.15) is 0 Å². The van der Waals surface area contributed by atoms with Crippen LogP contribution in [0.1, 0.15) is 45.4 Å². The summed E-state index contributed by atoms with van der Waals surface area (Å²) < 4.78 is 0. The average Bonchev–Trinajstić information content (AvgIpc) is 2.01. The SMILES string of the molecule is CCC(=O)CC12CCC1CC2. The van der Waals surface area contributed by atoms with Crippen molar-refractivity contribution in [1.82, 2.24) is 0 Å². The normalized spacial score (nSPS) is 40.3. The van der Waals surface area contributed by atoms with Crippen LogP contribution < -0.4 is 0 Å². The van der Waals surface area contributed by atoms with Crippen molar-refractivity contribution in [1.29, 1.82) is 0 Å². The van der Waals surface area contributed by atoms with Crippen LogP contribution in [0.4, 0.5) is 0 Å². The predicted octanol–water partition coefficient (Wildman–Crippen LogP) is 2.55. The van der Waals surface area contributed by atoms with Gasteiger partial charge in [0.1, 0.15) is 5.78 Å². The van der Waals surface area contributed by atoms with Crippen LogP contribution in [0, 0.1) is 11.3 Å². The molecule has 1 heteroatoms. The molecule has 0 saturated heterocycles. The summed E-state index contributed by atoms with van der Waals surface area (Å²) in [6, 6.07) is 0. The zero-order valence-electron chi connectivity index (χ0n) is 7.23. The molecule has 0 aromatic carbocycles. The first-order chi connectivity index (χ1) is 5.27. The lowest BCUT2D eigenvalue weighted by atomic mass is 9.46. The summed E-state index contributed by atoms with van der Waals surface area (Å²) in [5.41, 5.74) is 0.535. The Hall–Kier alpha value is -0.330. The van der Waals surface area contributed by atoms with Crippen molar-refractivity contribution in [2.75, 3.05) is 0 Å². The van der Waals surface area contributed by atoms with Gasteiger partial charge in [0, 0.05) is 12.8 Å². The summed E-state index contributed by atoms with van der Waals surface area (Å²) >= 11 is 0. The number of carbonyl (C=O) groups excluding carboxylic acids is 1. The van der Waals surface area contributed by atoms with E-state index in [-0.39, 0.29) is 0 Å². The van der Waals surface area contributed by atoms with E-state index in [1.54, 1.807) is 0 Å². The highest BCUT2D eigenvalue weighted by Crippen LogP contribution is 2.63. The summed E-state index contributed by atoms with van der Waals surface area (Å²) in [6.07, 6.45) is 7.11. The molecular weight excluding hydrogens is 136 g/mol. The van der Waals surface area contributed by atoms with Crippen LogP contribution in [0.5, 0.6) is 0 Å². The van der Waals surface area contributed by atoms with Crippen molar-refractivity contribution in [2.24, 2.45) is 11.3 Å². The molecule has 0 aromatic rings. The molecule has 0 amide bonds. The largest absolute Gasteiger partial charge is 0.300 e. The van der Waals surface area contributed by atoms with E-state index in [1.165, 1.54) is 25.7 Å². The van der Waals surface area contributed by atoms with Crippen LogP contribution in [0.15, 0.2) is 0 Å². The fourth-order valence-corrected chi connectivity index (χ4v) is 2.62. The molecule has 0 unspecified atom stereocenters. The first-order valence-corrected chi connectivity index (χ1v) is 4.78. The molecule has 62 valence electrons. The molecule has 2 rings (SSSR count). The number of carbonyl (C=O) groups is 1. The topological polar surface area (TPSA) is 17.1 Å². The van der Waals surface area contributed by atoms with Crippen molar-refractivity contribution < 1.29 is 4.79 Å². The predicted molar refractivity (Wildman–Crippen MR) is 44.3 cm³/mol. The van der Waals surface area contributed by atoms with Crippen LogP contribution in [0.25, 0.3) is 0 Å². The van der Waals surface area contributed by atoms with Gasteiger partial charge >= 0.3 is 0 Å². The monoisotopic (exact) mass is 152 g/mol. The molecule has 0 N–H and O–H groups in total. The molecule has 2 fully saturated rings. The van der Waals surface area contributed by atoms with E-state index in [0.717, 1.165) is 18.8 Å². The van der Waals surface area contributed by atoms with E-state index in [9.17, 15) is 4.79 Å². The third-order valence-corrected chi connectivity index (χ3v) is 3.79. The molecule has 2 saturated carbocycles. The molecule has 0 spiro atoms. The molecule has 2 aliphatic carbocycles. The Morgan fingerprint density at radius 1 is 1.45 bits per heavy atom. The lowest BCUT2D eigenvalue weighted by Gasteiger charge is -2.58. The van der Waals surface area contributed by atoms with Gasteiger partial charge in [0.25, 0.3) is 0 Å². The second-order valence-electron chi connectivity index (χ2n) is 4.21. The molecule has 0 bridgehead atoms. The summed E-state index contributed by atoms with van der Waals surface area (Å²) in [5, 5.41) is 0. The van der Waals surface area contributed by atoms with Crippen molar-refractivity contribution in [2.45, 2.75) is 45.4 Å². The lowest BCUT2D eigenvalue weighted by Crippen LogP contribution is -2.49. The minimum atomic E-state index is 0.481. The average molecular weight is 152 g/mol. The van der Waals surface area contributed by atoms with Crippen molar-refractivity contribution in [3.63, 3.8) is 0 Å². The van der Waals surface area contributed by atoms with E-state index in [4.69, 9.17) is 0 Å². The second kappa shape index (κ2) is 2.33. The molecular formula is C10H16O. The van der Waals surface area contributed by atoms with Gasteiger partial charge < -0.3 is 0 Å². The fourth-order valence-electron chi connectivity index (χ4n) is 2.62. The summed E-state index contributed by atoms with van der Waals surface area (Å²) in [7, 11) is 0. The Kier molecular flexibility index (Phi) is 1.55. The molecule has 0 aromatic heterocycles. The van der Waals surface area contributed by atoms with E-state index in [2.05, 4.69) is 0 Å². The quantitative estimate of drug-likeness (QED) is 0.607. The third-order valence-electron chi connectivity index (χ3n) is 3.79. The van der Waals surface area contributed by atoms with Gasteiger partial charge in [-0.05, 0) is 37.0 Å². The van der Waals surface area contributed by atoms with E-state index < -0.39 is 0 Å². The van der Waals surface area contributed by atoms with Gasteiger partial charge in [-0.3, -0.25) is 4.79 Å². The van der Waals surface area contributed by atoms with Crippen LogP contribution in [-0.2, 0) is 4.79 Å². The molecule has 0 aliphatic heterocycles. The number of rotatable bonds is 3. The maximum Gasteiger partial charge on any atom is 0.133 e. The van der Waals surface area contributed by atoms with Crippen LogP contribution >= 0.6 is 0 Å². The van der Waals surface area contributed by atoms with Gasteiger partial charge in [-0.25, -0.2) is 0 Å². The highest BCUT2D eigenvalue weighted by Gasteiger charge is 2.53. The van der Waals surface area contributed by atoms with Crippen LogP contribution in [0.2, 0.25) is 0 Å². The van der Waals surface area contributed by atoms with Crippen LogP contribution in [-0.4, -0.2) is 5.78 Å². The van der Waals surface area contributed by atoms with E-state index in [0.29, 0.717) is 11.2 Å². The van der Waals surface area contributed by atoms with E-state index in [1.807, 2.05) is 6.92 Å². The third kappa shape index (κ3) is 0.935. The smallest absolute Gasteiger partial charge is 0.133 e. The van der Waals surface area contributed by atoms with Crippen molar-refractivity contribution >= 4 is 5.78 Å². The number of fused-ring (bicyclic) bond motifs is 1. The highest BCUT2D eigenvalue weighted by atomic mass is 16.1. The van der Waals surface area contributed by atoms with Gasteiger partial charge in [0.15, 0.2) is 0 Å². The summed E-state index contributed by atoms with van der Waals surface area (Å²) in [5.74, 6) is 1.42. The van der Waals surface area contributed by atoms with Gasteiger partial charge in [0.2, 0.25) is 0 Å². The minimum Gasteiger partial charge on any atom is -0.300 e. The van der Waals surface area contributed by atoms with Gasteiger partial charge in [-0.15, -0.1) is 0 Å². The first-order valence-electron chi connectivity index (χ1n) is 4.78. The standard InChI is InChI=1S/C10H16O/c1-2-9(11)7-10-5-3-8(10)4-6-10/h8H,2-7H2,1H3. The fraction of sp³-hybridized carbons (Fsp3) is 0.900. The molecule has 0 atom stereocenters. The number of Topliss-reactive ketones (excluding diaryl/α,β-unsaturated/α-hetero) is 1. The Bertz CT molecular complexity index is 175. The molecule has 1 nitrogen and oxygen atoms in total. The zero-order valence-corrected chi connectivity index (χ0v) is 7.23. The van der Waals surface area contributed by atoms with Gasteiger partial charge in [0.05, 0.1) is 0 Å². The number of hydrogen-bond donors (Lipinski definition) is 0. The zero-order chi connectivity index (χ0) is 7.90. The first kappa shape index (κ1) is 7.33. The Morgan fingerprint density at radius 2 is 2.09 bits per heavy atom. The van der Waals surface area contributed by atoms with Gasteiger partial charge in [-0.1, -0.05) is 6.92 Å². The number of hydrogen-bond acceptors (Lipinski definition) is 1. The summed E-state index contributed by atoms with van der Waals surface area (Å²) in [4.78, 5) is 11.2. The molecule has 0 heterocycles. The number of ketones is 1. The Morgan fingerprint density at radius 3 is 2.36 bits per heavy atom. The van der Waals surface area contributed by atoms with Crippen LogP contribution in [0.3, 0.4) is 0 Å². The van der Waals surface area contributed by atoms with E-state index >= 15 is 0 Å². The maximum absolute atomic E-state index is 11.2. The second-order valence-corrected chi connectivity index (χ2v) is 4.21. The maximum atomic E-state index is 11.2. The molecule has 0 radical (unpaired) electrons. The van der Waals surface area contributed by atoms with Crippen molar-refractivity contribution in [3.05, 3.63) is 0 Å².